The molecule has 0 aliphatic rings. The molecule has 32 heavy (non-hydrogen) atoms. The van der Waals surface area contributed by atoms with E-state index in [1.54, 1.807) is 31.5 Å². The molecule has 10 heteroatoms. The maximum absolute atomic E-state index is 12.6. The van der Waals surface area contributed by atoms with Crippen molar-refractivity contribution in [2.45, 2.75) is 13.0 Å². The normalized spacial score (nSPS) is 11.4. The number of anilines is 2. The highest BCUT2D eigenvalue weighted by Crippen LogP contribution is 2.29. The molecule has 1 atom stereocenters. The number of carbonyl (C=O) groups excluding carboxylic acids is 1. The molecule has 3 aromatic rings. The van der Waals surface area contributed by atoms with Gasteiger partial charge in [-0.2, -0.15) is 0 Å². The topological polar surface area (TPSA) is 129 Å². The zero-order chi connectivity index (χ0) is 22.9. The number of pyridine rings is 2. The summed E-state index contributed by atoms with van der Waals surface area (Å²) in [7, 11) is 1.57. The van der Waals surface area contributed by atoms with Crippen molar-refractivity contribution in [3.63, 3.8) is 0 Å². The summed E-state index contributed by atoms with van der Waals surface area (Å²) in [5, 5.41) is 17.4. The van der Waals surface area contributed by atoms with E-state index in [1.807, 2.05) is 19.1 Å². The van der Waals surface area contributed by atoms with Crippen molar-refractivity contribution in [2.24, 2.45) is 0 Å². The molecule has 0 fully saturated rings. The molecule has 0 spiro atoms. The van der Waals surface area contributed by atoms with Crippen molar-refractivity contribution < 1.29 is 19.2 Å². The second kappa shape index (κ2) is 10.8. The summed E-state index contributed by atoms with van der Waals surface area (Å²) in [5.74, 6) is -0.0968. The molecule has 166 valence electrons. The minimum Gasteiger partial charge on any atom is -0.475 e. The molecule has 0 aliphatic heterocycles. The summed E-state index contributed by atoms with van der Waals surface area (Å²) >= 11 is 0. The van der Waals surface area contributed by atoms with Gasteiger partial charge in [0.25, 0.3) is 11.6 Å². The molecule has 0 aliphatic carbocycles. The first kappa shape index (κ1) is 22.6. The second-order valence-electron chi connectivity index (χ2n) is 6.79. The number of aromatic nitrogens is 2. The van der Waals surface area contributed by atoms with Crippen LogP contribution in [-0.2, 0) is 4.74 Å². The van der Waals surface area contributed by atoms with E-state index in [9.17, 15) is 14.9 Å². The smallest absolute Gasteiger partial charge is 0.293 e. The molecule has 0 radical (unpaired) electrons. The van der Waals surface area contributed by atoms with Crippen LogP contribution in [0.15, 0.2) is 60.9 Å². The van der Waals surface area contributed by atoms with Crippen molar-refractivity contribution in [3.05, 3.63) is 82.3 Å². The van der Waals surface area contributed by atoms with E-state index in [-0.39, 0.29) is 17.3 Å². The predicted octanol–water partition coefficient (Wildman–Crippen LogP) is 3.84. The molecule has 1 amide bonds. The van der Waals surface area contributed by atoms with Crippen LogP contribution >= 0.6 is 0 Å². The second-order valence-corrected chi connectivity index (χ2v) is 6.79. The Morgan fingerprint density at radius 2 is 2.00 bits per heavy atom. The number of hydrogen-bond acceptors (Lipinski definition) is 8. The Labute approximate surface area is 184 Å². The van der Waals surface area contributed by atoms with Crippen LogP contribution in [0.1, 0.15) is 29.0 Å². The van der Waals surface area contributed by atoms with E-state index in [4.69, 9.17) is 9.47 Å². The number of nitro groups is 1. The van der Waals surface area contributed by atoms with Gasteiger partial charge in [0.05, 0.1) is 35.2 Å². The largest absolute Gasteiger partial charge is 0.475 e. The summed E-state index contributed by atoms with van der Waals surface area (Å²) in [4.78, 5) is 32.0. The minimum atomic E-state index is -0.530. The van der Waals surface area contributed by atoms with Crippen LogP contribution in [0, 0.1) is 10.1 Å². The van der Waals surface area contributed by atoms with E-state index in [2.05, 4.69) is 20.6 Å². The van der Waals surface area contributed by atoms with Gasteiger partial charge in [-0.05, 0) is 37.3 Å². The standard InChI is InChI=1S/C22H23N5O5/c1-15(18-5-3-4-10-23-18)25-19-8-6-16(13-20(19)27(29)30)22(28)26-17-7-9-21(24-14-17)32-12-11-31-2/h3-10,13-15,25H,11-12H2,1-2H3,(H,26,28). The number of benzene rings is 1. The summed E-state index contributed by atoms with van der Waals surface area (Å²) in [6.07, 6.45) is 3.10. The van der Waals surface area contributed by atoms with Crippen LogP contribution in [0.2, 0.25) is 0 Å². The molecule has 0 bridgehead atoms. The number of methoxy groups -OCH3 is 1. The van der Waals surface area contributed by atoms with Gasteiger partial charge in [0, 0.05) is 31.0 Å². The molecule has 1 unspecified atom stereocenters. The zero-order valence-corrected chi connectivity index (χ0v) is 17.6. The van der Waals surface area contributed by atoms with Crippen molar-refractivity contribution in [3.8, 4) is 5.88 Å². The molecule has 3 rings (SSSR count). The van der Waals surface area contributed by atoms with Gasteiger partial charge in [0.2, 0.25) is 5.88 Å². The monoisotopic (exact) mass is 437 g/mol. The molecule has 10 nitrogen and oxygen atoms in total. The number of nitrogens with zero attached hydrogens (tertiary/aromatic N) is 3. The Kier molecular flexibility index (Phi) is 7.65. The van der Waals surface area contributed by atoms with E-state index in [1.165, 1.54) is 24.4 Å². The Morgan fingerprint density at radius 3 is 2.66 bits per heavy atom. The van der Waals surface area contributed by atoms with Crippen molar-refractivity contribution in [1.82, 2.24) is 9.97 Å². The lowest BCUT2D eigenvalue weighted by molar-refractivity contribution is -0.384. The van der Waals surface area contributed by atoms with E-state index < -0.39 is 10.8 Å². The van der Waals surface area contributed by atoms with E-state index >= 15 is 0 Å². The van der Waals surface area contributed by atoms with Gasteiger partial charge < -0.3 is 20.1 Å². The van der Waals surface area contributed by atoms with Gasteiger partial charge in [-0.15, -0.1) is 0 Å². The number of hydrogen-bond donors (Lipinski definition) is 2. The number of amides is 1. The zero-order valence-electron chi connectivity index (χ0n) is 17.6. The highest BCUT2D eigenvalue weighted by molar-refractivity contribution is 6.05. The summed E-state index contributed by atoms with van der Waals surface area (Å²) in [5.41, 5.74) is 1.41. The number of nitro benzene ring substituents is 1. The first-order valence-electron chi connectivity index (χ1n) is 9.83. The van der Waals surface area contributed by atoms with Crippen molar-refractivity contribution >= 4 is 23.0 Å². The van der Waals surface area contributed by atoms with Crippen LogP contribution in [-0.4, -0.2) is 41.1 Å². The van der Waals surface area contributed by atoms with Gasteiger partial charge in [0.15, 0.2) is 0 Å². The third-order valence-corrected chi connectivity index (χ3v) is 4.49. The Hall–Kier alpha value is -4.05. The van der Waals surface area contributed by atoms with Gasteiger partial charge in [-0.25, -0.2) is 4.98 Å². The first-order valence-corrected chi connectivity index (χ1v) is 9.83. The number of ether oxygens (including phenoxy) is 2. The fraction of sp³-hybridized carbons (Fsp3) is 0.227. The third kappa shape index (κ3) is 5.99. The fourth-order valence-corrected chi connectivity index (χ4v) is 2.86. The maximum atomic E-state index is 12.6. The van der Waals surface area contributed by atoms with Gasteiger partial charge >= 0.3 is 0 Å². The average molecular weight is 437 g/mol. The Balaban J connectivity index is 1.70. The van der Waals surface area contributed by atoms with Crippen LogP contribution in [0.3, 0.4) is 0 Å². The third-order valence-electron chi connectivity index (χ3n) is 4.49. The molecule has 0 saturated carbocycles. The van der Waals surface area contributed by atoms with Crippen LogP contribution in [0.4, 0.5) is 17.1 Å². The number of rotatable bonds is 10. The van der Waals surface area contributed by atoms with Gasteiger partial charge in [-0.1, -0.05) is 6.07 Å². The maximum Gasteiger partial charge on any atom is 0.293 e. The Bertz CT molecular complexity index is 1060. The van der Waals surface area contributed by atoms with E-state index in [0.29, 0.717) is 30.5 Å². The van der Waals surface area contributed by atoms with Crippen LogP contribution in [0.25, 0.3) is 0 Å². The Morgan fingerprint density at radius 1 is 1.16 bits per heavy atom. The fourth-order valence-electron chi connectivity index (χ4n) is 2.86. The highest BCUT2D eigenvalue weighted by Gasteiger charge is 2.20. The van der Waals surface area contributed by atoms with Crippen LogP contribution < -0.4 is 15.4 Å². The van der Waals surface area contributed by atoms with Gasteiger partial charge in [0.1, 0.15) is 12.3 Å². The summed E-state index contributed by atoms with van der Waals surface area (Å²) in [6, 6.07) is 12.7. The first-order chi connectivity index (χ1) is 15.5. The van der Waals surface area contributed by atoms with E-state index in [0.717, 1.165) is 5.69 Å². The highest BCUT2D eigenvalue weighted by atomic mass is 16.6. The molecular weight excluding hydrogens is 414 g/mol. The number of nitrogens with one attached hydrogen (secondary N) is 2. The lowest BCUT2D eigenvalue weighted by Gasteiger charge is -2.15. The average Bonchev–Trinajstić information content (AvgIpc) is 2.81. The summed E-state index contributed by atoms with van der Waals surface area (Å²) < 4.78 is 10.3. The van der Waals surface area contributed by atoms with Gasteiger partial charge in [-0.3, -0.25) is 19.9 Å². The predicted molar refractivity (Wildman–Crippen MR) is 119 cm³/mol. The quantitative estimate of drug-likeness (QED) is 0.278. The van der Waals surface area contributed by atoms with Crippen molar-refractivity contribution in [1.29, 1.82) is 0 Å². The molecule has 1 aromatic carbocycles. The van der Waals surface area contributed by atoms with Crippen molar-refractivity contribution in [2.75, 3.05) is 31.0 Å². The van der Waals surface area contributed by atoms with Crippen LogP contribution in [0.5, 0.6) is 5.88 Å². The minimum absolute atomic E-state index is 0.146. The number of carbonyl (C=O) groups is 1. The molecule has 2 aromatic heterocycles. The lowest BCUT2D eigenvalue weighted by Crippen LogP contribution is -2.14. The molecule has 2 N–H and O–H groups in total. The molecular formula is C22H23N5O5. The molecule has 2 heterocycles. The SMILES string of the molecule is COCCOc1ccc(NC(=O)c2ccc(NC(C)c3ccccn3)c([N+](=O)[O-])c2)cn1. The lowest BCUT2D eigenvalue weighted by atomic mass is 10.1. The summed E-state index contributed by atoms with van der Waals surface area (Å²) in [6.45, 7) is 2.64. The molecule has 0 saturated heterocycles.